The van der Waals surface area contributed by atoms with Gasteiger partial charge in [-0.2, -0.15) is 0 Å². The van der Waals surface area contributed by atoms with Crippen LogP contribution in [0.5, 0.6) is 0 Å². The molecule has 0 saturated heterocycles. The maximum atomic E-state index is 9.03. The molecule has 1 heterocycles. The predicted octanol–water partition coefficient (Wildman–Crippen LogP) is 0.458. The summed E-state index contributed by atoms with van der Waals surface area (Å²) in [5, 5.41) is 18.1. The van der Waals surface area contributed by atoms with Gasteiger partial charge in [0.1, 0.15) is 6.26 Å². The monoisotopic (exact) mass is 191 g/mol. The van der Waals surface area contributed by atoms with Gasteiger partial charge in [-0.05, 0) is 0 Å². The summed E-state index contributed by atoms with van der Waals surface area (Å²) in [6.45, 7) is 0. The normalized spacial score (nSPS) is 19.6. The smallest absolute Gasteiger partial charge is 0.473 e. The van der Waals surface area contributed by atoms with Crippen LogP contribution in [0.2, 0.25) is 0 Å². The third-order valence-corrected chi connectivity index (χ3v) is 2.06. The van der Waals surface area contributed by atoms with Crippen molar-refractivity contribution in [1.82, 2.24) is 4.81 Å². The molecule has 1 aromatic carbocycles. The molecule has 14 heavy (non-hydrogen) atoms. The Morgan fingerprint density at radius 3 is 2.57 bits per heavy atom. The average molecular weight is 191 g/mol. The first-order chi connectivity index (χ1) is 6.79. The van der Waals surface area contributed by atoms with Crippen LogP contribution in [-0.2, 0) is 4.74 Å². The van der Waals surface area contributed by atoms with Gasteiger partial charge in [-0.25, -0.2) is 0 Å². The Morgan fingerprint density at radius 1 is 1.21 bits per heavy atom. The highest BCUT2D eigenvalue weighted by atomic mass is 16.5. The summed E-state index contributed by atoms with van der Waals surface area (Å²) in [7, 11) is -1.54. The zero-order valence-electron chi connectivity index (χ0n) is 7.45. The average Bonchev–Trinajstić information content (AvgIpc) is 2.67. The first kappa shape index (κ1) is 9.11. The Hall–Kier alpha value is -1.46. The fourth-order valence-corrected chi connectivity index (χ4v) is 1.39. The number of benzene rings is 1. The van der Waals surface area contributed by atoms with Crippen LogP contribution in [0, 0.1) is 0 Å². The quantitative estimate of drug-likeness (QED) is 0.666. The lowest BCUT2D eigenvalue weighted by Gasteiger charge is -2.23. The molecule has 0 saturated carbocycles. The molecule has 0 radical (unpaired) electrons. The van der Waals surface area contributed by atoms with E-state index in [0.717, 1.165) is 5.56 Å². The molecule has 2 rings (SSSR count). The Balaban J connectivity index is 2.20. The first-order valence-corrected chi connectivity index (χ1v) is 4.30. The van der Waals surface area contributed by atoms with Crippen molar-refractivity contribution < 1.29 is 14.8 Å². The van der Waals surface area contributed by atoms with E-state index in [9.17, 15) is 0 Å². The molecule has 0 aliphatic carbocycles. The van der Waals surface area contributed by atoms with Crippen molar-refractivity contribution in [2.75, 3.05) is 0 Å². The molecule has 1 aliphatic rings. The first-order valence-electron chi connectivity index (χ1n) is 4.30. The number of nitrogens with zero attached hydrogens (tertiary/aromatic N) is 1. The van der Waals surface area contributed by atoms with Gasteiger partial charge in [0.25, 0.3) is 0 Å². The van der Waals surface area contributed by atoms with Gasteiger partial charge in [0.2, 0.25) is 0 Å². The minimum atomic E-state index is -1.54. The standard InChI is InChI=1S/C9H10BNO3/c12-10(13)11-6-7-14-9(11)8-4-2-1-3-5-8/h1-7,9,12-13H. The highest BCUT2D eigenvalue weighted by Gasteiger charge is 2.30. The molecule has 4 nitrogen and oxygen atoms in total. The van der Waals surface area contributed by atoms with Gasteiger partial charge in [0, 0.05) is 11.8 Å². The van der Waals surface area contributed by atoms with E-state index in [1.165, 1.54) is 17.3 Å². The Morgan fingerprint density at radius 2 is 1.93 bits per heavy atom. The lowest BCUT2D eigenvalue weighted by atomic mass is 10.0. The molecule has 1 aromatic rings. The van der Waals surface area contributed by atoms with Gasteiger partial charge >= 0.3 is 7.25 Å². The molecule has 72 valence electrons. The van der Waals surface area contributed by atoms with E-state index < -0.39 is 13.5 Å². The van der Waals surface area contributed by atoms with E-state index in [1.807, 2.05) is 30.3 Å². The third-order valence-electron chi connectivity index (χ3n) is 2.06. The van der Waals surface area contributed by atoms with Crippen molar-refractivity contribution in [1.29, 1.82) is 0 Å². The predicted molar refractivity (Wildman–Crippen MR) is 51.4 cm³/mol. The Labute approximate surface area is 82.2 Å². The van der Waals surface area contributed by atoms with Gasteiger partial charge in [-0.15, -0.1) is 0 Å². The molecule has 1 atom stereocenters. The molecule has 2 N–H and O–H groups in total. The van der Waals surface area contributed by atoms with E-state index in [0.29, 0.717) is 0 Å². The molecule has 1 aliphatic heterocycles. The Kier molecular flexibility index (Phi) is 2.43. The molecule has 5 heteroatoms. The van der Waals surface area contributed by atoms with Crippen LogP contribution in [0.4, 0.5) is 0 Å². The lowest BCUT2D eigenvalue weighted by molar-refractivity contribution is 0.0803. The minimum Gasteiger partial charge on any atom is -0.473 e. The van der Waals surface area contributed by atoms with E-state index in [4.69, 9.17) is 14.8 Å². The van der Waals surface area contributed by atoms with Gasteiger partial charge in [0.15, 0.2) is 6.23 Å². The van der Waals surface area contributed by atoms with Crippen molar-refractivity contribution in [2.24, 2.45) is 0 Å². The van der Waals surface area contributed by atoms with Gasteiger partial charge in [-0.1, -0.05) is 30.3 Å². The summed E-state index contributed by atoms with van der Waals surface area (Å²) in [4.78, 5) is 1.31. The SMILES string of the molecule is OB(O)N1C=COC1c1ccccc1. The maximum absolute atomic E-state index is 9.03. The highest BCUT2D eigenvalue weighted by Crippen LogP contribution is 2.27. The third kappa shape index (κ3) is 1.59. The largest absolute Gasteiger partial charge is 0.590 e. The van der Waals surface area contributed by atoms with Gasteiger partial charge < -0.3 is 19.6 Å². The number of ether oxygens (including phenoxy) is 1. The lowest BCUT2D eigenvalue weighted by Crippen LogP contribution is -2.36. The second-order valence-corrected chi connectivity index (χ2v) is 2.98. The van der Waals surface area contributed by atoms with Crippen LogP contribution < -0.4 is 0 Å². The fourth-order valence-electron chi connectivity index (χ4n) is 1.39. The minimum absolute atomic E-state index is 0.448. The summed E-state index contributed by atoms with van der Waals surface area (Å²) in [6, 6.07) is 9.38. The number of rotatable bonds is 2. The van der Waals surface area contributed by atoms with E-state index in [2.05, 4.69) is 0 Å². The van der Waals surface area contributed by atoms with Crippen LogP contribution in [-0.4, -0.2) is 22.1 Å². The van der Waals surface area contributed by atoms with Crippen LogP contribution in [0.3, 0.4) is 0 Å². The van der Waals surface area contributed by atoms with Crippen molar-refractivity contribution in [3.63, 3.8) is 0 Å². The highest BCUT2D eigenvalue weighted by molar-refractivity contribution is 6.38. The van der Waals surface area contributed by atoms with Crippen molar-refractivity contribution in [3.8, 4) is 0 Å². The van der Waals surface area contributed by atoms with Crippen molar-refractivity contribution >= 4 is 7.25 Å². The summed E-state index contributed by atoms with van der Waals surface area (Å²) in [5.41, 5.74) is 0.880. The summed E-state index contributed by atoms with van der Waals surface area (Å²) in [6.07, 6.45) is 2.50. The number of hydrogen-bond acceptors (Lipinski definition) is 4. The van der Waals surface area contributed by atoms with Crippen molar-refractivity contribution in [2.45, 2.75) is 6.23 Å². The molecular formula is C9H10BNO3. The molecular weight excluding hydrogens is 181 g/mol. The van der Waals surface area contributed by atoms with E-state index in [-0.39, 0.29) is 0 Å². The molecule has 0 spiro atoms. The second-order valence-electron chi connectivity index (χ2n) is 2.98. The topological polar surface area (TPSA) is 52.9 Å². The molecule has 0 aromatic heterocycles. The maximum Gasteiger partial charge on any atom is 0.590 e. The number of hydrogen-bond donors (Lipinski definition) is 2. The molecule has 1 unspecified atom stereocenters. The summed E-state index contributed by atoms with van der Waals surface area (Å²) in [5.74, 6) is 0. The second kappa shape index (κ2) is 3.73. The van der Waals surface area contributed by atoms with Crippen LogP contribution in [0.15, 0.2) is 42.8 Å². The van der Waals surface area contributed by atoms with Crippen LogP contribution in [0.1, 0.15) is 11.8 Å². The molecule has 0 amide bonds. The van der Waals surface area contributed by atoms with Gasteiger partial charge in [0.05, 0.1) is 0 Å². The fraction of sp³-hybridized carbons (Fsp3) is 0.111. The summed E-state index contributed by atoms with van der Waals surface area (Å²) < 4.78 is 5.24. The molecule has 0 fully saturated rings. The zero-order valence-corrected chi connectivity index (χ0v) is 7.45. The molecule has 0 bridgehead atoms. The van der Waals surface area contributed by atoms with Crippen LogP contribution in [0.25, 0.3) is 0 Å². The van der Waals surface area contributed by atoms with E-state index in [1.54, 1.807) is 0 Å². The van der Waals surface area contributed by atoms with Crippen LogP contribution >= 0.6 is 0 Å². The Bertz CT molecular complexity index is 328. The van der Waals surface area contributed by atoms with Gasteiger partial charge in [-0.3, -0.25) is 0 Å². The van der Waals surface area contributed by atoms with Crippen molar-refractivity contribution in [3.05, 3.63) is 48.4 Å². The zero-order chi connectivity index (χ0) is 9.97. The summed E-state index contributed by atoms with van der Waals surface area (Å²) >= 11 is 0. The van der Waals surface area contributed by atoms with E-state index >= 15 is 0 Å².